The largest absolute Gasteiger partial charge is 0.368 e. The van der Waals surface area contributed by atoms with Crippen molar-refractivity contribution in [2.24, 2.45) is 11.7 Å². The Morgan fingerprint density at radius 1 is 1.13 bits per heavy atom. The van der Waals surface area contributed by atoms with E-state index >= 15 is 0 Å². The molecular weight excluding hydrogens is 294 g/mol. The summed E-state index contributed by atoms with van der Waals surface area (Å²) < 4.78 is 0. The monoisotopic (exact) mass is 319 g/mol. The molecule has 0 saturated heterocycles. The maximum atomic E-state index is 12.4. The standard InChI is InChI=1S/C17H25N3O3/c1-10(2)15(19-12(4)21)17(23)20-14(16(18)22)9-13-8-6-5-7-11(13)3/h5-8,10,14-15H,9H2,1-4H3,(H2,18,22)(H,19,21)(H,20,23)/t14-,15+/m0/s1. The smallest absolute Gasteiger partial charge is 0.243 e. The first-order chi connectivity index (χ1) is 10.7. The van der Waals surface area contributed by atoms with Crippen LogP contribution in [-0.2, 0) is 20.8 Å². The minimum Gasteiger partial charge on any atom is -0.368 e. The summed E-state index contributed by atoms with van der Waals surface area (Å²) >= 11 is 0. The summed E-state index contributed by atoms with van der Waals surface area (Å²) in [4.78, 5) is 35.3. The molecule has 3 amide bonds. The first kappa shape index (κ1) is 18.7. The topological polar surface area (TPSA) is 101 Å². The number of benzene rings is 1. The van der Waals surface area contributed by atoms with Gasteiger partial charge in [0.15, 0.2) is 0 Å². The number of primary amides is 1. The molecule has 1 aromatic carbocycles. The van der Waals surface area contributed by atoms with E-state index in [1.165, 1.54) is 6.92 Å². The van der Waals surface area contributed by atoms with Crippen molar-refractivity contribution >= 4 is 17.7 Å². The Labute approximate surface area is 136 Å². The normalized spacial score (nSPS) is 13.3. The Bertz CT molecular complexity index is 584. The van der Waals surface area contributed by atoms with Crippen LogP contribution in [0.25, 0.3) is 0 Å². The Morgan fingerprint density at radius 2 is 1.74 bits per heavy atom. The third kappa shape index (κ3) is 5.73. The quantitative estimate of drug-likeness (QED) is 0.688. The molecule has 2 atom stereocenters. The molecule has 0 aliphatic heterocycles. The van der Waals surface area contributed by atoms with Crippen LogP contribution in [0.1, 0.15) is 31.9 Å². The average Bonchev–Trinajstić information content (AvgIpc) is 2.45. The van der Waals surface area contributed by atoms with Crippen LogP contribution >= 0.6 is 0 Å². The lowest BCUT2D eigenvalue weighted by atomic mass is 9.99. The third-order valence-electron chi connectivity index (χ3n) is 3.65. The van der Waals surface area contributed by atoms with Gasteiger partial charge < -0.3 is 16.4 Å². The Balaban J connectivity index is 2.86. The van der Waals surface area contributed by atoms with Crippen LogP contribution in [0.2, 0.25) is 0 Å². The highest BCUT2D eigenvalue weighted by atomic mass is 16.2. The fourth-order valence-electron chi connectivity index (χ4n) is 2.30. The van der Waals surface area contributed by atoms with Gasteiger partial charge in [0.25, 0.3) is 0 Å². The first-order valence-corrected chi connectivity index (χ1v) is 7.63. The Morgan fingerprint density at radius 3 is 2.22 bits per heavy atom. The second-order valence-electron chi connectivity index (χ2n) is 6.02. The Kier molecular flexibility index (Phi) is 6.75. The van der Waals surface area contributed by atoms with Crippen LogP contribution in [0.4, 0.5) is 0 Å². The molecular formula is C17H25N3O3. The summed E-state index contributed by atoms with van der Waals surface area (Å²) in [6, 6.07) is 6.08. The number of hydrogen-bond donors (Lipinski definition) is 3. The number of aryl methyl sites for hydroxylation is 1. The van der Waals surface area contributed by atoms with Crippen molar-refractivity contribution in [2.45, 2.75) is 46.2 Å². The number of nitrogens with two attached hydrogens (primary N) is 1. The maximum Gasteiger partial charge on any atom is 0.243 e. The summed E-state index contributed by atoms with van der Waals surface area (Å²) in [5.74, 6) is -1.42. The van der Waals surface area contributed by atoms with E-state index in [-0.39, 0.29) is 11.8 Å². The molecule has 0 saturated carbocycles. The summed E-state index contributed by atoms with van der Waals surface area (Å²) in [7, 11) is 0. The van der Waals surface area contributed by atoms with Gasteiger partial charge in [0.05, 0.1) is 0 Å². The second kappa shape index (κ2) is 8.31. The van der Waals surface area contributed by atoms with E-state index in [1.807, 2.05) is 45.0 Å². The van der Waals surface area contributed by atoms with E-state index in [1.54, 1.807) is 0 Å². The van der Waals surface area contributed by atoms with Crippen LogP contribution in [0.15, 0.2) is 24.3 Å². The molecule has 4 N–H and O–H groups in total. The molecule has 6 nitrogen and oxygen atoms in total. The van der Waals surface area contributed by atoms with Gasteiger partial charge in [-0.2, -0.15) is 0 Å². The van der Waals surface area contributed by atoms with Crippen LogP contribution in [0.5, 0.6) is 0 Å². The third-order valence-corrected chi connectivity index (χ3v) is 3.65. The van der Waals surface area contributed by atoms with E-state index in [0.717, 1.165) is 11.1 Å². The molecule has 6 heteroatoms. The van der Waals surface area contributed by atoms with Gasteiger partial charge >= 0.3 is 0 Å². The van der Waals surface area contributed by atoms with Crippen molar-refractivity contribution in [1.29, 1.82) is 0 Å². The van der Waals surface area contributed by atoms with Crippen molar-refractivity contribution in [3.63, 3.8) is 0 Å². The lowest BCUT2D eigenvalue weighted by molar-refractivity contribution is -0.131. The van der Waals surface area contributed by atoms with Gasteiger partial charge in [-0.25, -0.2) is 0 Å². The summed E-state index contributed by atoms with van der Waals surface area (Å²) in [6.07, 6.45) is 0.318. The van der Waals surface area contributed by atoms with E-state index < -0.39 is 23.9 Å². The number of carbonyl (C=O) groups excluding carboxylic acids is 3. The molecule has 1 rings (SSSR count). The van der Waals surface area contributed by atoms with E-state index in [0.29, 0.717) is 6.42 Å². The van der Waals surface area contributed by atoms with Crippen molar-refractivity contribution in [3.05, 3.63) is 35.4 Å². The number of carbonyl (C=O) groups is 3. The van der Waals surface area contributed by atoms with Crippen molar-refractivity contribution in [2.75, 3.05) is 0 Å². The molecule has 0 unspecified atom stereocenters. The first-order valence-electron chi connectivity index (χ1n) is 7.63. The van der Waals surface area contributed by atoms with Crippen LogP contribution in [0, 0.1) is 12.8 Å². The molecule has 0 aromatic heterocycles. The van der Waals surface area contributed by atoms with Gasteiger partial charge in [-0.05, 0) is 24.0 Å². The minimum absolute atomic E-state index is 0.106. The lowest BCUT2D eigenvalue weighted by Crippen LogP contribution is -2.55. The highest BCUT2D eigenvalue weighted by Gasteiger charge is 2.27. The van der Waals surface area contributed by atoms with Gasteiger partial charge in [-0.15, -0.1) is 0 Å². The SMILES string of the molecule is CC(=O)N[C@@H](C(=O)N[C@@H](Cc1ccccc1C)C(N)=O)C(C)C. The molecule has 0 spiro atoms. The van der Waals surface area contributed by atoms with Gasteiger partial charge in [0.1, 0.15) is 12.1 Å². The number of hydrogen-bond acceptors (Lipinski definition) is 3. The van der Waals surface area contributed by atoms with E-state index in [4.69, 9.17) is 5.73 Å². The lowest BCUT2D eigenvalue weighted by Gasteiger charge is -2.24. The predicted molar refractivity (Wildman–Crippen MR) is 88.5 cm³/mol. The number of rotatable bonds is 7. The molecule has 0 bridgehead atoms. The van der Waals surface area contributed by atoms with Crippen LogP contribution in [0.3, 0.4) is 0 Å². The zero-order chi connectivity index (χ0) is 17.6. The number of amides is 3. The van der Waals surface area contributed by atoms with Gasteiger partial charge in [-0.3, -0.25) is 14.4 Å². The van der Waals surface area contributed by atoms with E-state index in [2.05, 4.69) is 10.6 Å². The molecule has 0 radical (unpaired) electrons. The van der Waals surface area contributed by atoms with Gasteiger partial charge in [0, 0.05) is 13.3 Å². The van der Waals surface area contributed by atoms with Crippen molar-refractivity contribution in [1.82, 2.24) is 10.6 Å². The summed E-state index contributed by atoms with van der Waals surface area (Å²) in [5, 5.41) is 5.25. The van der Waals surface area contributed by atoms with Gasteiger partial charge in [-0.1, -0.05) is 38.1 Å². The molecule has 0 fully saturated rings. The van der Waals surface area contributed by atoms with Crippen LogP contribution in [-0.4, -0.2) is 29.8 Å². The summed E-state index contributed by atoms with van der Waals surface area (Å²) in [5.41, 5.74) is 7.38. The fourth-order valence-corrected chi connectivity index (χ4v) is 2.30. The van der Waals surface area contributed by atoms with E-state index in [9.17, 15) is 14.4 Å². The highest BCUT2D eigenvalue weighted by molar-refractivity contribution is 5.91. The molecule has 0 aliphatic carbocycles. The van der Waals surface area contributed by atoms with Crippen LogP contribution < -0.4 is 16.4 Å². The zero-order valence-electron chi connectivity index (χ0n) is 14.1. The molecule has 126 valence electrons. The van der Waals surface area contributed by atoms with Crippen molar-refractivity contribution in [3.8, 4) is 0 Å². The molecule has 1 aromatic rings. The molecule has 0 heterocycles. The average molecular weight is 319 g/mol. The minimum atomic E-state index is -0.821. The number of nitrogens with one attached hydrogen (secondary N) is 2. The Hall–Kier alpha value is -2.37. The summed E-state index contributed by atoms with van der Waals surface area (Å²) in [6.45, 7) is 6.92. The second-order valence-corrected chi connectivity index (χ2v) is 6.02. The fraction of sp³-hybridized carbons (Fsp3) is 0.471. The molecule has 0 aliphatic rings. The molecule has 23 heavy (non-hydrogen) atoms. The van der Waals surface area contributed by atoms with Gasteiger partial charge in [0.2, 0.25) is 17.7 Å². The van der Waals surface area contributed by atoms with Crippen molar-refractivity contribution < 1.29 is 14.4 Å². The highest BCUT2D eigenvalue weighted by Crippen LogP contribution is 2.10. The predicted octanol–water partition coefficient (Wildman–Crippen LogP) is 0.668. The zero-order valence-corrected chi connectivity index (χ0v) is 14.1. The maximum absolute atomic E-state index is 12.4.